The predicted octanol–water partition coefficient (Wildman–Crippen LogP) is -0.951. The van der Waals surface area contributed by atoms with Crippen LogP contribution in [0, 0.1) is 10.1 Å². The average molecular weight is 302 g/mol. The zero-order chi connectivity index (χ0) is 14.9. The maximum absolute atomic E-state index is 11.4. The van der Waals surface area contributed by atoms with Gasteiger partial charge in [-0.15, -0.1) is 0 Å². The lowest BCUT2D eigenvalue weighted by Crippen LogP contribution is -2.48. The van der Waals surface area contributed by atoms with E-state index in [1.54, 1.807) is 4.90 Å². The Morgan fingerprint density at radius 1 is 1.35 bits per heavy atom. The summed E-state index contributed by atoms with van der Waals surface area (Å²) in [4.78, 5) is 19.5. The molecule has 1 aromatic rings. The van der Waals surface area contributed by atoms with E-state index in [0.29, 0.717) is 13.1 Å². The highest BCUT2D eigenvalue weighted by Crippen LogP contribution is 2.26. The SMILES string of the molecule is CS(=O)(=O)N1CCN(c2nc(N)ncc2[N+](=O)[O-])CC1. The van der Waals surface area contributed by atoms with Crippen LogP contribution in [-0.4, -0.2) is 60.0 Å². The van der Waals surface area contributed by atoms with Crippen LogP contribution in [0.4, 0.5) is 17.5 Å². The molecule has 0 unspecified atom stereocenters. The summed E-state index contributed by atoms with van der Waals surface area (Å²) >= 11 is 0. The van der Waals surface area contributed by atoms with Gasteiger partial charge in [0.2, 0.25) is 21.8 Å². The third-order valence-corrected chi connectivity index (χ3v) is 4.28. The zero-order valence-electron chi connectivity index (χ0n) is 10.8. The topological polar surface area (TPSA) is 136 Å². The number of nitrogens with zero attached hydrogens (tertiary/aromatic N) is 5. The molecule has 1 fully saturated rings. The number of sulfonamides is 1. The molecule has 1 saturated heterocycles. The van der Waals surface area contributed by atoms with Gasteiger partial charge in [-0.2, -0.15) is 9.29 Å². The summed E-state index contributed by atoms with van der Waals surface area (Å²) in [5.74, 6) is 0.0618. The van der Waals surface area contributed by atoms with Crippen molar-refractivity contribution < 1.29 is 13.3 Å². The van der Waals surface area contributed by atoms with Gasteiger partial charge >= 0.3 is 5.69 Å². The number of anilines is 2. The first kappa shape index (κ1) is 14.4. The second-order valence-electron chi connectivity index (χ2n) is 4.34. The summed E-state index contributed by atoms with van der Waals surface area (Å²) in [5, 5.41) is 11.0. The number of aromatic nitrogens is 2. The fourth-order valence-electron chi connectivity index (χ4n) is 1.97. The highest BCUT2D eigenvalue weighted by molar-refractivity contribution is 7.88. The van der Waals surface area contributed by atoms with Gasteiger partial charge in [0.25, 0.3) is 0 Å². The molecule has 0 amide bonds. The van der Waals surface area contributed by atoms with E-state index in [-0.39, 0.29) is 30.5 Å². The van der Waals surface area contributed by atoms with E-state index in [1.165, 1.54) is 4.31 Å². The molecule has 0 aliphatic carbocycles. The van der Waals surface area contributed by atoms with Crippen molar-refractivity contribution in [2.24, 2.45) is 0 Å². The molecule has 0 aromatic carbocycles. The Bertz CT molecular complexity index is 625. The van der Waals surface area contributed by atoms with Crippen molar-refractivity contribution >= 4 is 27.5 Å². The number of hydrogen-bond donors (Lipinski definition) is 1. The predicted molar refractivity (Wildman–Crippen MR) is 71.7 cm³/mol. The van der Waals surface area contributed by atoms with Gasteiger partial charge in [0.05, 0.1) is 11.2 Å². The Kier molecular flexibility index (Phi) is 3.72. The Morgan fingerprint density at radius 2 is 1.95 bits per heavy atom. The van der Waals surface area contributed by atoms with Crippen LogP contribution in [0.1, 0.15) is 0 Å². The first-order valence-electron chi connectivity index (χ1n) is 5.76. The van der Waals surface area contributed by atoms with Crippen LogP contribution in [0.15, 0.2) is 6.20 Å². The molecule has 0 radical (unpaired) electrons. The van der Waals surface area contributed by atoms with Crippen LogP contribution in [0.3, 0.4) is 0 Å². The van der Waals surface area contributed by atoms with Gasteiger partial charge in [-0.25, -0.2) is 13.4 Å². The van der Waals surface area contributed by atoms with E-state index in [2.05, 4.69) is 9.97 Å². The minimum absolute atomic E-state index is 0.0591. The van der Waals surface area contributed by atoms with Gasteiger partial charge in [0.15, 0.2) is 0 Å². The third kappa shape index (κ3) is 2.93. The molecule has 2 N–H and O–H groups in total. The van der Waals surface area contributed by atoms with Crippen molar-refractivity contribution in [3.05, 3.63) is 16.3 Å². The zero-order valence-corrected chi connectivity index (χ0v) is 11.6. The van der Waals surface area contributed by atoms with Gasteiger partial charge in [-0.3, -0.25) is 10.1 Å². The minimum atomic E-state index is -3.25. The number of hydrogen-bond acceptors (Lipinski definition) is 8. The first-order valence-corrected chi connectivity index (χ1v) is 7.61. The number of nitrogens with two attached hydrogens (primary N) is 1. The molecule has 2 rings (SSSR count). The minimum Gasteiger partial charge on any atom is -0.368 e. The molecule has 1 aliphatic heterocycles. The van der Waals surface area contributed by atoms with Gasteiger partial charge in [-0.05, 0) is 0 Å². The fraction of sp³-hybridized carbons (Fsp3) is 0.556. The Morgan fingerprint density at radius 3 is 2.45 bits per heavy atom. The molecule has 0 atom stereocenters. The van der Waals surface area contributed by atoms with Crippen molar-refractivity contribution in [3.8, 4) is 0 Å². The first-order chi connectivity index (χ1) is 9.29. The summed E-state index contributed by atoms with van der Waals surface area (Å²) in [5.41, 5.74) is 5.21. The number of nitro groups is 1. The van der Waals surface area contributed by atoms with Crippen LogP contribution < -0.4 is 10.6 Å². The van der Waals surface area contributed by atoms with E-state index in [1.807, 2.05) is 0 Å². The van der Waals surface area contributed by atoms with Crippen molar-refractivity contribution in [1.29, 1.82) is 0 Å². The van der Waals surface area contributed by atoms with Crippen LogP contribution in [0.2, 0.25) is 0 Å². The van der Waals surface area contributed by atoms with Crippen molar-refractivity contribution in [3.63, 3.8) is 0 Å². The lowest BCUT2D eigenvalue weighted by atomic mass is 10.3. The van der Waals surface area contributed by atoms with Gasteiger partial charge in [0, 0.05) is 26.2 Å². The summed E-state index contributed by atoms with van der Waals surface area (Å²) in [6, 6.07) is 0. The van der Waals surface area contributed by atoms with Crippen molar-refractivity contribution in [2.75, 3.05) is 43.1 Å². The molecule has 1 aromatic heterocycles. The molecule has 20 heavy (non-hydrogen) atoms. The Labute approximate surface area is 115 Å². The normalized spacial score (nSPS) is 17.1. The monoisotopic (exact) mass is 302 g/mol. The molecular formula is C9H14N6O4S. The molecule has 0 saturated carbocycles. The van der Waals surface area contributed by atoms with E-state index < -0.39 is 14.9 Å². The van der Waals surface area contributed by atoms with Crippen LogP contribution in [0.25, 0.3) is 0 Å². The lowest BCUT2D eigenvalue weighted by Gasteiger charge is -2.33. The molecule has 0 bridgehead atoms. The lowest BCUT2D eigenvalue weighted by molar-refractivity contribution is -0.384. The number of rotatable bonds is 3. The molecular weight excluding hydrogens is 288 g/mol. The smallest absolute Gasteiger partial charge is 0.329 e. The Balaban J connectivity index is 2.22. The molecule has 11 heteroatoms. The molecule has 10 nitrogen and oxygen atoms in total. The van der Waals surface area contributed by atoms with Crippen molar-refractivity contribution in [1.82, 2.24) is 14.3 Å². The maximum atomic E-state index is 11.4. The van der Waals surface area contributed by atoms with Gasteiger partial charge in [0.1, 0.15) is 6.20 Å². The fourth-order valence-corrected chi connectivity index (χ4v) is 2.80. The highest BCUT2D eigenvalue weighted by atomic mass is 32.2. The van der Waals surface area contributed by atoms with E-state index >= 15 is 0 Å². The van der Waals surface area contributed by atoms with E-state index in [4.69, 9.17) is 5.73 Å². The summed E-state index contributed by atoms with van der Waals surface area (Å²) in [6.07, 6.45) is 2.19. The third-order valence-electron chi connectivity index (χ3n) is 2.97. The largest absolute Gasteiger partial charge is 0.368 e. The number of piperazine rings is 1. The molecule has 2 heterocycles. The summed E-state index contributed by atoms with van der Waals surface area (Å²) < 4.78 is 24.1. The van der Waals surface area contributed by atoms with Crippen LogP contribution in [-0.2, 0) is 10.0 Å². The van der Waals surface area contributed by atoms with Crippen molar-refractivity contribution in [2.45, 2.75) is 0 Å². The average Bonchev–Trinajstić information content (AvgIpc) is 2.37. The second kappa shape index (κ2) is 5.17. The second-order valence-corrected chi connectivity index (χ2v) is 6.33. The highest BCUT2D eigenvalue weighted by Gasteiger charge is 2.28. The van der Waals surface area contributed by atoms with Crippen LogP contribution in [0.5, 0.6) is 0 Å². The number of nitrogen functional groups attached to an aromatic ring is 1. The van der Waals surface area contributed by atoms with Gasteiger partial charge < -0.3 is 10.6 Å². The maximum Gasteiger partial charge on any atom is 0.329 e. The standard InChI is InChI=1S/C9H14N6O4S/c1-20(18,19)14-4-2-13(3-5-14)8-7(15(16)17)6-11-9(10)12-8/h6H,2-5H2,1H3,(H2,10,11,12). The van der Waals surface area contributed by atoms with Gasteiger partial charge in [-0.1, -0.05) is 0 Å². The van der Waals surface area contributed by atoms with E-state index in [9.17, 15) is 18.5 Å². The molecule has 0 spiro atoms. The summed E-state index contributed by atoms with van der Waals surface area (Å²) in [7, 11) is -3.25. The Hall–Kier alpha value is -2.01. The molecule has 110 valence electrons. The quantitative estimate of drug-likeness (QED) is 0.557. The van der Waals surface area contributed by atoms with Crippen LogP contribution >= 0.6 is 0 Å². The summed E-state index contributed by atoms with van der Waals surface area (Å²) in [6.45, 7) is 1.12. The molecule has 1 aliphatic rings. The van der Waals surface area contributed by atoms with E-state index in [0.717, 1.165) is 12.5 Å².